The van der Waals surface area contributed by atoms with E-state index in [9.17, 15) is 8.78 Å². The molecule has 1 aliphatic rings. The average molecular weight is 305 g/mol. The Bertz CT molecular complexity index is 449. The van der Waals surface area contributed by atoms with Crippen molar-refractivity contribution < 1.29 is 13.5 Å². The molecule has 3 nitrogen and oxygen atoms in total. The monoisotopic (exact) mass is 304 g/mol. The van der Waals surface area contributed by atoms with Crippen molar-refractivity contribution in [2.24, 2.45) is 0 Å². The van der Waals surface area contributed by atoms with Gasteiger partial charge in [-0.25, -0.2) is 0 Å². The molecular weight excluding hydrogens is 286 g/mol. The second-order valence-electron chi connectivity index (χ2n) is 5.29. The highest BCUT2D eigenvalue weighted by atomic mass is 35.5. The second kappa shape index (κ2) is 6.70. The van der Waals surface area contributed by atoms with Crippen LogP contribution in [0.15, 0.2) is 18.2 Å². The van der Waals surface area contributed by atoms with Crippen LogP contribution in [0.4, 0.5) is 8.78 Å². The third-order valence-electron chi connectivity index (χ3n) is 3.27. The van der Waals surface area contributed by atoms with Gasteiger partial charge in [-0.05, 0) is 32.0 Å². The first-order valence-corrected chi connectivity index (χ1v) is 7.03. The zero-order valence-corrected chi connectivity index (χ0v) is 12.3. The molecule has 2 unspecified atom stereocenters. The number of nitrogens with zero attached hydrogens (tertiary/aromatic N) is 1. The van der Waals surface area contributed by atoms with Crippen LogP contribution in [0, 0.1) is 0 Å². The summed E-state index contributed by atoms with van der Waals surface area (Å²) >= 11 is 5.95. The molecule has 20 heavy (non-hydrogen) atoms. The fraction of sp³-hybridized carbons (Fsp3) is 0.571. The van der Waals surface area contributed by atoms with E-state index in [0.29, 0.717) is 29.2 Å². The molecule has 1 N–H and O–H groups in total. The molecule has 0 saturated carbocycles. The van der Waals surface area contributed by atoms with E-state index in [1.165, 1.54) is 6.07 Å². The Labute approximate surface area is 122 Å². The number of hydrogen-bond acceptors (Lipinski definition) is 3. The lowest BCUT2D eigenvalue weighted by molar-refractivity contribution is -0.0508. The predicted molar refractivity (Wildman–Crippen MR) is 75.4 cm³/mol. The van der Waals surface area contributed by atoms with Crippen LogP contribution >= 0.6 is 11.6 Å². The molecular formula is C14H19ClF2N2O. The lowest BCUT2D eigenvalue weighted by Gasteiger charge is -2.36. The Kier molecular flexibility index (Phi) is 5.18. The molecule has 1 saturated heterocycles. The van der Waals surface area contributed by atoms with Crippen molar-refractivity contribution in [3.05, 3.63) is 28.8 Å². The number of hydrogen-bond donors (Lipinski definition) is 1. The van der Waals surface area contributed by atoms with E-state index in [-0.39, 0.29) is 5.75 Å². The van der Waals surface area contributed by atoms with Gasteiger partial charge in [0.05, 0.1) is 0 Å². The molecule has 1 fully saturated rings. The number of alkyl halides is 2. The summed E-state index contributed by atoms with van der Waals surface area (Å²) in [5, 5.41) is 3.96. The topological polar surface area (TPSA) is 24.5 Å². The van der Waals surface area contributed by atoms with Gasteiger partial charge in [-0.2, -0.15) is 8.78 Å². The fourth-order valence-corrected chi connectivity index (χ4v) is 2.89. The molecule has 2 atom stereocenters. The van der Waals surface area contributed by atoms with Crippen LogP contribution in [0.2, 0.25) is 5.02 Å². The van der Waals surface area contributed by atoms with E-state index >= 15 is 0 Å². The third-order valence-corrected chi connectivity index (χ3v) is 3.50. The Balaban J connectivity index is 2.12. The summed E-state index contributed by atoms with van der Waals surface area (Å²) in [6.45, 7) is 3.68. The first-order chi connectivity index (χ1) is 9.44. The van der Waals surface area contributed by atoms with Gasteiger partial charge in [0.25, 0.3) is 0 Å². The molecule has 2 rings (SSSR count). The summed E-state index contributed by atoms with van der Waals surface area (Å²) in [5.41, 5.74) is 0.694. The van der Waals surface area contributed by atoms with Gasteiger partial charge in [-0.1, -0.05) is 11.6 Å². The van der Waals surface area contributed by atoms with Gasteiger partial charge in [-0.3, -0.25) is 4.90 Å². The van der Waals surface area contributed by atoms with Crippen LogP contribution in [0.25, 0.3) is 0 Å². The summed E-state index contributed by atoms with van der Waals surface area (Å²) in [6.07, 6.45) is 0. The molecule has 0 aromatic heterocycles. The van der Waals surface area contributed by atoms with Crippen molar-refractivity contribution in [2.75, 3.05) is 13.1 Å². The maximum atomic E-state index is 12.4. The van der Waals surface area contributed by atoms with Gasteiger partial charge in [0, 0.05) is 42.3 Å². The normalized spacial score (nSPS) is 24.1. The average Bonchev–Trinajstić information content (AvgIpc) is 2.31. The van der Waals surface area contributed by atoms with E-state index in [1.54, 1.807) is 12.1 Å². The van der Waals surface area contributed by atoms with Crippen molar-refractivity contribution in [2.45, 2.75) is 39.1 Å². The van der Waals surface area contributed by atoms with E-state index in [4.69, 9.17) is 11.6 Å². The maximum absolute atomic E-state index is 12.4. The minimum atomic E-state index is -2.82. The molecule has 1 aliphatic heterocycles. The smallest absolute Gasteiger partial charge is 0.387 e. The molecule has 0 radical (unpaired) electrons. The van der Waals surface area contributed by atoms with Crippen molar-refractivity contribution in [3.8, 4) is 5.75 Å². The Hall–Kier alpha value is -0.910. The van der Waals surface area contributed by atoms with E-state index in [1.807, 2.05) is 0 Å². The standard InChI is InChI=1S/C14H19ClF2N2O/c1-9-6-19(7-10(2)18-9)8-11-5-12(15)3-4-13(11)20-14(16)17/h3-5,9-10,14,18H,6-8H2,1-2H3. The highest BCUT2D eigenvalue weighted by Gasteiger charge is 2.22. The van der Waals surface area contributed by atoms with Crippen LogP contribution in [-0.2, 0) is 6.54 Å². The highest BCUT2D eigenvalue weighted by Crippen LogP contribution is 2.26. The number of ether oxygens (including phenoxy) is 1. The molecule has 1 aromatic rings. The number of nitrogens with one attached hydrogen (secondary N) is 1. The van der Waals surface area contributed by atoms with Crippen LogP contribution in [-0.4, -0.2) is 36.7 Å². The molecule has 1 aromatic carbocycles. The summed E-state index contributed by atoms with van der Waals surface area (Å²) in [6, 6.07) is 5.50. The van der Waals surface area contributed by atoms with Gasteiger partial charge in [-0.15, -0.1) is 0 Å². The highest BCUT2D eigenvalue weighted by molar-refractivity contribution is 6.30. The number of benzene rings is 1. The SMILES string of the molecule is CC1CN(Cc2cc(Cl)ccc2OC(F)F)CC(C)N1. The Morgan fingerprint density at radius 1 is 1.35 bits per heavy atom. The quantitative estimate of drug-likeness (QED) is 0.925. The summed E-state index contributed by atoms with van der Waals surface area (Å²) in [7, 11) is 0. The Morgan fingerprint density at radius 2 is 2.00 bits per heavy atom. The first-order valence-electron chi connectivity index (χ1n) is 6.65. The van der Waals surface area contributed by atoms with Gasteiger partial charge in [0.15, 0.2) is 0 Å². The molecule has 6 heteroatoms. The van der Waals surface area contributed by atoms with Gasteiger partial charge >= 0.3 is 6.61 Å². The first kappa shape index (κ1) is 15.5. The number of rotatable bonds is 4. The van der Waals surface area contributed by atoms with Crippen molar-refractivity contribution in [1.82, 2.24) is 10.2 Å². The fourth-order valence-electron chi connectivity index (χ4n) is 2.69. The van der Waals surface area contributed by atoms with Crippen LogP contribution in [0.5, 0.6) is 5.75 Å². The van der Waals surface area contributed by atoms with Crippen LogP contribution < -0.4 is 10.1 Å². The minimum Gasteiger partial charge on any atom is -0.434 e. The summed E-state index contributed by atoms with van der Waals surface area (Å²) < 4.78 is 29.4. The second-order valence-corrected chi connectivity index (χ2v) is 5.73. The van der Waals surface area contributed by atoms with Gasteiger partial charge in [0.2, 0.25) is 0 Å². The lowest BCUT2D eigenvalue weighted by atomic mass is 10.1. The van der Waals surface area contributed by atoms with Crippen LogP contribution in [0.1, 0.15) is 19.4 Å². The molecule has 0 aliphatic carbocycles. The molecule has 0 amide bonds. The summed E-state index contributed by atoms with van der Waals surface area (Å²) in [5.74, 6) is 0.197. The molecule has 0 spiro atoms. The molecule has 112 valence electrons. The van der Waals surface area contributed by atoms with E-state index < -0.39 is 6.61 Å². The predicted octanol–water partition coefficient (Wildman–Crippen LogP) is 3.12. The van der Waals surface area contributed by atoms with Crippen molar-refractivity contribution >= 4 is 11.6 Å². The zero-order chi connectivity index (χ0) is 14.7. The van der Waals surface area contributed by atoms with Crippen molar-refractivity contribution in [1.29, 1.82) is 0 Å². The van der Waals surface area contributed by atoms with Crippen molar-refractivity contribution in [3.63, 3.8) is 0 Å². The molecule has 1 heterocycles. The van der Waals surface area contributed by atoms with Crippen LogP contribution in [0.3, 0.4) is 0 Å². The number of halogens is 3. The molecule has 0 bridgehead atoms. The Morgan fingerprint density at radius 3 is 2.60 bits per heavy atom. The summed E-state index contributed by atoms with van der Waals surface area (Å²) in [4.78, 5) is 2.22. The third kappa shape index (κ3) is 4.30. The maximum Gasteiger partial charge on any atom is 0.387 e. The van der Waals surface area contributed by atoms with E-state index in [2.05, 4.69) is 28.8 Å². The lowest BCUT2D eigenvalue weighted by Crippen LogP contribution is -2.53. The zero-order valence-electron chi connectivity index (χ0n) is 11.6. The number of piperazine rings is 1. The van der Waals surface area contributed by atoms with Gasteiger partial charge < -0.3 is 10.1 Å². The minimum absolute atomic E-state index is 0.197. The van der Waals surface area contributed by atoms with Gasteiger partial charge in [0.1, 0.15) is 5.75 Å². The largest absolute Gasteiger partial charge is 0.434 e. The van der Waals surface area contributed by atoms with E-state index in [0.717, 1.165) is 13.1 Å².